The maximum atomic E-state index is 11.8. The molecule has 1 atom stereocenters. The highest BCUT2D eigenvalue weighted by atomic mass is 16.5. The minimum absolute atomic E-state index is 0.0622. The summed E-state index contributed by atoms with van der Waals surface area (Å²) in [7, 11) is 1.99. The lowest BCUT2D eigenvalue weighted by atomic mass is 10.2. The third-order valence-corrected chi connectivity index (χ3v) is 3.14. The van der Waals surface area contributed by atoms with Crippen LogP contribution >= 0.6 is 0 Å². The lowest BCUT2D eigenvalue weighted by Gasteiger charge is -2.27. The number of rotatable bonds is 6. The lowest BCUT2D eigenvalue weighted by Crippen LogP contribution is -2.44. The molecule has 0 aliphatic carbocycles. The highest BCUT2D eigenvalue weighted by Crippen LogP contribution is 2.07. The predicted octanol–water partition coefficient (Wildman–Crippen LogP) is 0.232. The van der Waals surface area contributed by atoms with Gasteiger partial charge in [-0.2, -0.15) is 0 Å². The van der Waals surface area contributed by atoms with Crippen molar-refractivity contribution in [2.75, 3.05) is 45.2 Å². The highest BCUT2D eigenvalue weighted by Gasteiger charge is 2.16. The summed E-state index contributed by atoms with van der Waals surface area (Å²) in [6.45, 7) is 5.83. The SMILES string of the molecule is Cc1cc(NC(=O)CCN(C)CC2CNCCO2)no1. The normalized spacial score (nSPS) is 19.2. The van der Waals surface area contributed by atoms with Crippen LogP contribution in [0.15, 0.2) is 10.6 Å². The van der Waals surface area contributed by atoms with Crippen LogP contribution in [-0.2, 0) is 9.53 Å². The van der Waals surface area contributed by atoms with Crippen molar-refractivity contribution >= 4 is 11.7 Å². The van der Waals surface area contributed by atoms with E-state index in [4.69, 9.17) is 9.26 Å². The second-order valence-electron chi connectivity index (χ2n) is 5.08. The molecule has 2 heterocycles. The van der Waals surface area contributed by atoms with Gasteiger partial charge in [-0.05, 0) is 14.0 Å². The predicted molar refractivity (Wildman–Crippen MR) is 74.6 cm³/mol. The maximum Gasteiger partial charge on any atom is 0.226 e. The minimum atomic E-state index is -0.0622. The number of nitrogens with one attached hydrogen (secondary N) is 2. The minimum Gasteiger partial charge on any atom is -0.374 e. The lowest BCUT2D eigenvalue weighted by molar-refractivity contribution is -0.116. The Hall–Kier alpha value is -1.44. The van der Waals surface area contributed by atoms with Crippen LogP contribution in [0.5, 0.6) is 0 Å². The summed E-state index contributed by atoms with van der Waals surface area (Å²) in [5.41, 5.74) is 0. The van der Waals surface area contributed by atoms with E-state index in [1.165, 1.54) is 0 Å². The number of anilines is 1. The van der Waals surface area contributed by atoms with Crippen molar-refractivity contribution in [2.24, 2.45) is 0 Å². The first-order valence-corrected chi connectivity index (χ1v) is 6.87. The number of nitrogens with zero attached hydrogens (tertiary/aromatic N) is 2. The first kappa shape index (κ1) is 15.0. The second-order valence-corrected chi connectivity index (χ2v) is 5.08. The van der Waals surface area contributed by atoms with Crippen molar-refractivity contribution in [3.8, 4) is 0 Å². The Bertz CT molecular complexity index is 429. The van der Waals surface area contributed by atoms with Gasteiger partial charge < -0.3 is 24.8 Å². The van der Waals surface area contributed by atoms with Gasteiger partial charge in [-0.15, -0.1) is 0 Å². The van der Waals surface area contributed by atoms with Gasteiger partial charge in [0, 0.05) is 38.7 Å². The number of carbonyl (C=O) groups excluding carboxylic acids is 1. The van der Waals surface area contributed by atoms with Crippen molar-refractivity contribution in [1.29, 1.82) is 0 Å². The van der Waals surface area contributed by atoms with E-state index in [0.717, 1.165) is 26.2 Å². The number of aryl methyl sites for hydroxylation is 1. The van der Waals surface area contributed by atoms with Gasteiger partial charge in [0.05, 0.1) is 12.7 Å². The van der Waals surface area contributed by atoms with Crippen LogP contribution in [0.4, 0.5) is 5.82 Å². The van der Waals surface area contributed by atoms with Crippen LogP contribution in [0.25, 0.3) is 0 Å². The average molecular weight is 282 g/mol. The van der Waals surface area contributed by atoms with Crippen LogP contribution in [0, 0.1) is 6.92 Å². The van der Waals surface area contributed by atoms with Crippen molar-refractivity contribution in [3.63, 3.8) is 0 Å². The Morgan fingerprint density at radius 3 is 3.15 bits per heavy atom. The quantitative estimate of drug-likeness (QED) is 0.777. The largest absolute Gasteiger partial charge is 0.374 e. The zero-order valence-corrected chi connectivity index (χ0v) is 12.0. The van der Waals surface area contributed by atoms with Crippen LogP contribution < -0.4 is 10.6 Å². The number of morpholine rings is 1. The summed E-state index contributed by atoms with van der Waals surface area (Å²) in [6, 6.07) is 1.70. The summed E-state index contributed by atoms with van der Waals surface area (Å²) >= 11 is 0. The van der Waals surface area contributed by atoms with E-state index in [1.54, 1.807) is 13.0 Å². The number of aromatic nitrogens is 1. The molecule has 20 heavy (non-hydrogen) atoms. The molecule has 0 radical (unpaired) electrons. The first-order valence-electron chi connectivity index (χ1n) is 6.87. The molecule has 1 aromatic rings. The Balaban J connectivity index is 1.64. The Morgan fingerprint density at radius 2 is 2.50 bits per heavy atom. The number of amides is 1. The zero-order valence-electron chi connectivity index (χ0n) is 12.0. The molecular formula is C13H22N4O3. The number of likely N-dealkylation sites (N-methyl/N-ethyl adjacent to an activating group) is 1. The van der Waals surface area contributed by atoms with Crippen LogP contribution in [0.2, 0.25) is 0 Å². The van der Waals surface area contributed by atoms with Gasteiger partial charge in [0.2, 0.25) is 5.91 Å². The second kappa shape index (κ2) is 7.37. The molecular weight excluding hydrogens is 260 g/mol. The van der Waals surface area contributed by atoms with Crippen LogP contribution in [-0.4, -0.2) is 61.9 Å². The van der Waals surface area contributed by atoms with Crippen LogP contribution in [0.1, 0.15) is 12.2 Å². The van der Waals surface area contributed by atoms with E-state index in [0.29, 0.717) is 24.5 Å². The molecule has 2 N–H and O–H groups in total. The molecule has 7 heteroatoms. The van der Waals surface area contributed by atoms with Gasteiger partial charge in [0.1, 0.15) is 5.76 Å². The smallest absolute Gasteiger partial charge is 0.226 e. The molecule has 1 aliphatic rings. The van der Waals surface area contributed by atoms with E-state index in [-0.39, 0.29) is 12.0 Å². The molecule has 1 amide bonds. The van der Waals surface area contributed by atoms with Crippen LogP contribution in [0.3, 0.4) is 0 Å². The van der Waals surface area contributed by atoms with Crippen molar-refractivity contribution < 1.29 is 14.1 Å². The summed E-state index contributed by atoms with van der Waals surface area (Å²) < 4.78 is 10.5. The van der Waals surface area contributed by atoms with E-state index >= 15 is 0 Å². The summed E-state index contributed by atoms with van der Waals surface area (Å²) in [5, 5.41) is 9.73. The Morgan fingerprint density at radius 1 is 1.65 bits per heavy atom. The molecule has 1 fully saturated rings. The molecule has 0 saturated carbocycles. The third kappa shape index (κ3) is 4.92. The molecule has 0 spiro atoms. The van der Waals surface area contributed by atoms with Gasteiger partial charge in [0.25, 0.3) is 0 Å². The summed E-state index contributed by atoms with van der Waals surface area (Å²) in [5.74, 6) is 1.09. The Labute approximate surface area is 118 Å². The van der Waals surface area contributed by atoms with Gasteiger partial charge in [0.15, 0.2) is 5.82 Å². The fraction of sp³-hybridized carbons (Fsp3) is 0.692. The fourth-order valence-electron chi connectivity index (χ4n) is 2.10. The molecule has 0 bridgehead atoms. The topological polar surface area (TPSA) is 79.6 Å². The number of ether oxygens (including phenoxy) is 1. The van der Waals surface area contributed by atoms with Gasteiger partial charge in [-0.1, -0.05) is 5.16 Å². The van der Waals surface area contributed by atoms with Crippen molar-refractivity contribution in [2.45, 2.75) is 19.4 Å². The monoisotopic (exact) mass is 282 g/mol. The third-order valence-electron chi connectivity index (χ3n) is 3.14. The molecule has 112 valence electrons. The standard InChI is InChI=1S/C13H22N4O3/c1-10-7-12(16-20-10)15-13(18)3-5-17(2)9-11-8-14-4-6-19-11/h7,11,14H,3-6,8-9H2,1-2H3,(H,15,16,18). The summed E-state index contributed by atoms with van der Waals surface area (Å²) in [6.07, 6.45) is 0.623. The highest BCUT2D eigenvalue weighted by molar-refractivity contribution is 5.89. The first-order chi connectivity index (χ1) is 9.63. The zero-order chi connectivity index (χ0) is 14.4. The van der Waals surface area contributed by atoms with E-state index in [2.05, 4.69) is 20.7 Å². The van der Waals surface area contributed by atoms with E-state index in [9.17, 15) is 4.79 Å². The van der Waals surface area contributed by atoms with Gasteiger partial charge in [-0.25, -0.2) is 0 Å². The molecule has 2 rings (SSSR count). The molecule has 1 saturated heterocycles. The number of hydrogen-bond acceptors (Lipinski definition) is 6. The van der Waals surface area contributed by atoms with Gasteiger partial charge >= 0.3 is 0 Å². The fourth-order valence-corrected chi connectivity index (χ4v) is 2.10. The Kier molecular flexibility index (Phi) is 5.51. The maximum absolute atomic E-state index is 11.8. The number of carbonyl (C=O) groups is 1. The van der Waals surface area contributed by atoms with E-state index < -0.39 is 0 Å². The summed E-state index contributed by atoms with van der Waals surface area (Å²) in [4.78, 5) is 13.9. The van der Waals surface area contributed by atoms with Crippen molar-refractivity contribution in [1.82, 2.24) is 15.4 Å². The molecule has 7 nitrogen and oxygen atoms in total. The number of hydrogen-bond donors (Lipinski definition) is 2. The van der Waals surface area contributed by atoms with Gasteiger partial charge in [-0.3, -0.25) is 4.79 Å². The van der Waals surface area contributed by atoms with Crippen molar-refractivity contribution in [3.05, 3.63) is 11.8 Å². The molecule has 0 aromatic carbocycles. The molecule has 1 unspecified atom stereocenters. The molecule has 1 aliphatic heterocycles. The average Bonchev–Trinajstić information content (AvgIpc) is 2.83. The van der Waals surface area contributed by atoms with E-state index in [1.807, 2.05) is 7.05 Å². The molecule has 1 aromatic heterocycles.